The average Bonchev–Trinajstić information content (AvgIpc) is 3.12. The third-order valence-corrected chi connectivity index (χ3v) is 4.62. The Balaban J connectivity index is 1.90. The second-order valence-electron chi connectivity index (χ2n) is 6.25. The molecule has 1 amide bonds. The average molecular weight is 358 g/mol. The zero-order valence-electron chi connectivity index (χ0n) is 14.5. The summed E-state index contributed by atoms with van der Waals surface area (Å²) in [6.45, 7) is 7.95. The summed E-state index contributed by atoms with van der Waals surface area (Å²) < 4.78 is 6.74. The Hall–Kier alpha value is -2.74. The van der Waals surface area contributed by atoms with Gasteiger partial charge in [-0.1, -0.05) is 5.57 Å². The normalized spacial score (nSPS) is 11.1. The molecule has 8 heteroatoms. The summed E-state index contributed by atoms with van der Waals surface area (Å²) in [5.41, 5.74) is 8.55. The fourth-order valence-electron chi connectivity index (χ4n) is 2.28. The van der Waals surface area contributed by atoms with E-state index in [4.69, 9.17) is 10.3 Å². The van der Waals surface area contributed by atoms with Gasteiger partial charge in [0.05, 0.1) is 11.4 Å². The van der Waals surface area contributed by atoms with Crippen molar-refractivity contribution in [2.45, 2.75) is 33.7 Å². The molecule has 130 valence electrons. The molecule has 0 saturated heterocycles. The van der Waals surface area contributed by atoms with Crippen LogP contribution in [0.15, 0.2) is 28.4 Å². The van der Waals surface area contributed by atoms with Gasteiger partial charge in [-0.15, -0.1) is 11.3 Å². The van der Waals surface area contributed by atoms with Gasteiger partial charge in [-0.05, 0) is 50.6 Å². The summed E-state index contributed by atoms with van der Waals surface area (Å²) >= 11 is 1.26. The zero-order chi connectivity index (χ0) is 18.1. The molecule has 0 radical (unpaired) electrons. The largest absolute Gasteiger partial charge is 0.397 e. The Labute approximate surface area is 149 Å². The first-order valence-electron chi connectivity index (χ1n) is 7.88. The van der Waals surface area contributed by atoms with Crippen molar-refractivity contribution in [1.82, 2.24) is 10.3 Å². The van der Waals surface area contributed by atoms with Gasteiger partial charge in [0.2, 0.25) is 5.27 Å². The minimum absolute atomic E-state index is 0.140. The predicted molar refractivity (Wildman–Crippen MR) is 98.4 cm³/mol. The van der Waals surface area contributed by atoms with Crippen LogP contribution in [0.2, 0.25) is 0 Å². The van der Waals surface area contributed by atoms with Gasteiger partial charge in [-0.2, -0.15) is 0 Å². The maximum absolute atomic E-state index is 12.5. The molecule has 3 heterocycles. The van der Waals surface area contributed by atoms with E-state index >= 15 is 0 Å². The highest BCUT2D eigenvalue weighted by atomic mass is 32.1. The fourth-order valence-corrected chi connectivity index (χ4v) is 3.28. The van der Waals surface area contributed by atoms with Gasteiger partial charge in [0.1, 0.15) is 9.71 Å². The predicted octanol–water partition coefficient (Wildman–Crippen LogP) is 3.41. The van der Waals surface area contributed by atoms with E-state index in [0.717, 1.165) is 21.5 Å². The molecule has 0 aromatic carbocycles. The van der Waals surface area contributed by atoms with E-state index in [1.165, 1.54) is 11.3 Å². The van der Waals surface area contributed by atoms with Gasteiger partial charge in [0.15, 0.2) is 6.04 Å². The number of anilines is 2. The molecule has 0 unspecified atom stereocenters. The number of thiophene rings is 1. The number of hydrogen-bond acceptors (Lipinski definition) is 6. The van der Waals surface area contributed by atoms with Gasteiger partial charge < -0.3 is 5.73 Å². The first-order valence-corrected chi connectivity index (χ1v) is 8.70. The summed E-state index contributed by atoms with van der Waals surface area (Å²) in [5, 5.41) is 7.30. The van der Waals surface area contributed by atoms with E-state index in [9.17, 15) is 4.79 Å². The van der Waals surface area contributed by atoms with Crippen LogP contribution in [-0.2, 0) is 0 Å². The summed E-state index contributed by atoms with van der Waals surface area (Å²) in [6, 6.07) is 3.92. The van der Waals surface area contributed by atoms with Crippen LogP contribution in [-0.4, -0.2) is 16.2 Å². The number of allylic oxidation sites excluding steroid dienone is 1. The molecule has 0 saturated carbocycles. The molecule has 3 rings (SSSR count). The van der Waals surface area contributed by atoms with Crippen molar-refractivity contribution in [2.24, 2.45) is 0 Å². The van der Waals surface area contributed by atoms with Crippen molar-refractivity contribution in [3.63, 3.8) is 0 Å². The SMILES string of the molecule is CC(C)=Cc1ccc2c(N)c(C(=O)Nc3c[n+](C(C)C)no3)sc2n1. The number of nitrogens with zero attached hydrogens (tertiary/aromatic N) is 3. The van der Waals surface area contributed by atoms with Crippen LogP contribution in [0, 0.1) is 0 Å². The Morgan fingerprint density at radius 2 is 2.16 bits per heavy atom. The minimum atomic E-state index is -0.337. The van der Waals surface area contributed by atoms with Crippen molar-refractivity contribution in [1.29, 1.82) is 0 Å². The van der Waals surface area contributed by atoms with Crippen LogP contribution in [0.1, 0.15) is 49.1 Å². The smallest absolute Gasteiger partial charge is 0.302 e. The van der Waals surface area contributed by atoms with Crippen molar-refractivity contribution in [3.05, 3.63) is 34.5 Å². The molecule has 0 aliphatic rings. The lowest BCUT2D eigenvalue weighted by atomic mass is 10.2. The molecule has 0 aliphatic carbocycles. The second-order valence-corrected chi connectivity index (χ2v) is 7.25. The molecule has 7 nitrogen and oxygen atoms in total. The number of carbonyl (C=O) groups excluding carboxylic acids is 1. The summed E-state index contributed by atoms with van der Waals surface area (Å²) in [7, 11) is 0. The molecule has 0 spiro atoms. The number of aromatic nitrogens is 3. The quantitative estimate of drug-likeness (QED) is 0.697. The Bertz CT molecular complexity index is 967. The van der Waals surface area contributed by atoms with Crippen LogP contribution < -0.4 is 15.7 Å². The maximum Gasteiger partial charge on any atom is 0.302 e. The number of nitrogens with one attached hydrogen (secondary N) is 1. The number of nitrogens with two attached hydrogens (primary N) is 1. The molecule has 3 aromatic heterocycles. The number of nitrogen functional groups attached to an aromatic ring is 1. The number of rotatable bonds is 4. The molecular weight excluding hydrogens is 338 g/mol. The van der Waals surface area contributed by atoms with Gasteiger partial charge in [-0.25, -0.2) is 4.98 Å². The lowest BCUT2D eigenvalue weighted by Gasteiger charge is -1.98. The third kappa shape index (κ3) is 3.53. The van der Waals surface area contributed by atoms with Crippen molar-refractivity contribution >= 4 is 45.1 Å². The van der Waals surface area contributed by atoms with Gasteiger partial charge in [-0.3, -0.25) is 14.6 Å². The van der Waals surface area contributed by atoms with E-state index in [0.29, 0.717) is 10.6 Å². The van der Waals surface area contributed by atoms with E-state index in [2.05, 4.69) is 15.6 Å². The van der Waals surface area contributed by atoms with E-state index in [-0.39, 0.29) is 17.8 Å². The van der Waals surface area contributed by atoms with Crippen LogP contribution in [0.3, 0.4) is 0 Å². The van der Waals surface area contributed by atoms with E-state index in [1.807, 2.05) is 45.9 Å². The number of hydrogen-bond donors (Lipinski definition) is 2. The number of carbonyl (C=O) groups is 1. The van der Waals surface area contributed by atoms with E-state index < -0.39 is 0 Å². The Morgan fingerprint density at radius 3 is 2.80 bits per heavy atom. The van der Waals surface area contributed by atoms with Crippen LogP contribution in [0.4, 0.5) is 11.6 Å². The standard InChI is InChI=1S/C17H19N5O2S/c1-9(2)7-11-5-6-12-14(18)15(25-17(12)19-11)16(23)20-13-8-22(10(3)4)21-24-13/h5-8,10H,1-4H3,(H2-,18,20,21,23)/p+1. The lowest BCUT2D eigenvalue weighted by Crippen LogP contribution is -2.36. The second kappa shape index (κ2) is 6.64. The first kappa shape index (κ1) is 17.1. The van der Waals surface area contributed by atoms with E-state index in [1.54, 1.807) is 10.9 Å². The molecule has 0 atom stereocenters. The Morgan fingerprint density at radius 1 is 1.40 bits per heavy atom. The highest BCUT2D eigenvalue weighted by molar-refractivity contribution is 7.21. The Kier molecular flexibility index (Phi) is 4.54. The molecule has 3 N–H and O–H groups in total. The number of pyridine rings is 1. The first-order chi connectivity index (χ1) is 11.8. The monoisotopic (exact) mass is 358 g/mol. The molecule has 3 aromatic rings. The van der Waals surface area contributed by atoms with Crippen LogP contribution in [0.5, 0.6) is 0 Å². The highest BCUT2D eigenvalue weighted by Crippen LogP contribution is 2.33. The summed E-state index contributed by atoms with van der Waals surface area (Å²) in [5.74, 6) is -0.0648. The van der Waals surface area contributed by atoms with Gasteiger partial charge >= 0.3 is 5.88 Å². The maximum atomic E-state index is 12.5. The molecule has 0 bridgehead atoms. The van der Waals surface area contributed by atoms with Crippen LogP contribution in [0.25, 0.3) is 16.3 Å². The topological polar surface area (TPSA) is 97.9 Å². The molecule has 0 aliphatic heterocycles. The van der Waals surface area contributed by atoms with Crippen molar-refractivity contribution in [2.75, 3.05) is 11.1 Å². The third-order valence-electron chi connectivity index (χ3n) is 3.51. The van der Waals surface area contributed by atoms with Crippen molar-refractivity contribution < 1.29 is 14.0 Å². The summed E-state index contributed by atoms with van der Waals surface area (Å²) in [6.07, 6.45) is 3.62. The highest BCUT2D eigenvalue weighted by Gasteiger charge is 2.21. The van der Waals surface area contributed by atoms with Crippen LogP contribution >= 0.6 is 11.3 Å². The lowest BCUT2D eigenvalue weighted by molar-refractivity contribution is -0.779. The van der Waals surface area contributed by atoms with Crippen molar-refractivity contribution in [3.8, 4) is 0 Å². The van der Waals surface area contributed by atoms with Gasteiger partial charge in [0, 0.05) is 5.39 Å². The zero-order valence-corrected chi connectivity index (χ0v) is 15.3. The minimum Gasteiger partial charge on any atom is -0.397 e. The number of fused-ring (bicyclic) bond motifs is 1. The molecule has 0 fully saturated rings. The fraction of sp³-hybridized carbons (Fsp3) is 0.294. The summed E-state index contributed by atoms with van der Waals surface area (Å²) in [4.78, 5) is 18.2. The molecule has 25 heavy (non-hydrogen) atoms. The van der Waals surface area contributed by atoms with Gasteiger partial charge in [0.25, 0.3) is 12.1 Å². The molecular formula is C17H20N5O2S+. The number of amides is 1.